The van der Waals surface area contributed by atoms with Crippen LogP contribution in [0.15, 0.2) is 17.6 Å². The number of hydrogen-bond donors (Lipinski definition) is 2. The minimum Gasteiger partial charge on any atom is -0.398 e. The van der Waals surface area contributed by atoms with Gasteiger partial charge in [0.2, 0.25) is 0 Å². The van der Waals surface area contributed by atoms with E-state index in [9.17, 15) is 4.79 Å². The zero-order valence-electron chi connectivity index (χ0n) is 10.6. The second-order valence-corrected chi connectivity index (χ2v) is 5.05. The van der Waals surface area contributed by atoms with Crippen LogP contribution < -0.4 is 11.1 Å². The summed E-state index contributed by atoms with van der Waals surface area (Å²) in [6.07, 6.45) is 0. The van der Waals surface area contributed by atoms with Crippen LogP contribution in [0.4, 0.5) is 11.4 Å². The highest BCUT2D eigenvalue weighted by Gasteiger charge is 2.14. The third-order valence-electron chi connectivity index (χ3n) is 2.91. The molecule has 3 N–H and O–H groups in total. The molecule has 1 aromatic heterocycles. The number of nitrogens with two attached hydrogens (primary N) is 1. The number of nitrogen functional groups attached to an aromatic ring is 1. The zero-order valence-corrected chi connectivity index (χ0v) is 11.4. The van der Waals surface area contributed by atoms with Gasteiger partial charge in [-0.15, -0.1) is 11.3 Å². The van der Waals surface area contributed by atoms with Crippen LogP contribution in [0.2, 0.25) is 0 Å². The SMILES string of the molecule is Cc1ccc(N)c(C)c1NC(=O)c1scnc1C. The molecule has 0 aliphatic carbocycles. The largest absolute Gasteiger partial charge is 0.398 e. The fourth-order valence-corrected chi connectivity index (χ4v) is 2.44. The Balaban J connectivity index is 2.33. The summed E-state index contributed by atoms with van der Waals surface area (Å²) < 4.78 is 0. The molecule has 0 saturated heterocycles. The zero-order chi connectivity index (χ0) is 13.3. The van der Waals surface area contributed by atoms with Crippen LogP contribution in [0.25, 0.3) is 0 Å². The fraction of sp³-hybridized carbons (Fsp3) is 0.231. The van der Waals surface area contributed by atoms with Gasteiger partial charge in [0.15, 0.2) is 0 Å². The van der Waals surface area contributed by atoms with Gasteiger partial charge in [0.1, 0.15) is 4.88 Å². The summed E-state index contributed by atoms with van der Waals surface area (Å²) in [6, 6.07) is 3.75. The number of amides is 1. The van der Waals surface area contributed by atoms with Crippen molar-refractivity contribution in [2.24, 2.45) is 0 Å². The maximum Gasteiger partial charge on any atom is 0.267 e. The van der Waals surface area contributed by atoms with E-state index >= 15 is 0 Å². The first kappa shape index (κ1) is 12.6. The van der Waals surface area contributed by atoms with Gasteiger partial charge in [-0.2, -0.15) is 0 Å². The minimum absolute atomic E-state index is 0.133. The third kappa shape index (κ3) is 2.22. The Morgan fingerprint density at radius 1 is 1.33 bits per heavy atom. The number of anilines is 2. The number of carbonyl (C=O) groups excluding carboxylic acids is 1. The van der Waals surface area contributed by atoms with E-state index in [4.69, 9.17) is 5.73 Å². The first-order valence-corrected chi connectivity index (χ1v) is 6.45. The number of hydrogen-bond acceptors (Lipinski definition) is 4. The van der Waals surface area contributed by atoms with Crippen LogP contribution in [0.1, 0.15) is 26.5 Å². The highest BCUT2D eigenvalue weighted by Crippen LogP contribution is 2.26. The van der Waals surface area contributed by atoms with Crippen LogP contribution in [-0.2, 0) is 0 Å². The van der Waals surface area contributed by atoms with Gasteiger partial charge in [-0.3, -0.25) is 4.79 Å². The van der Waals surface area contributed by atoms with Gasteiger partial charge in [-0.1, -0.05) is 6.07 Å². The Labute approximate surface area is 110 Å². The predicted octanol–water partition coefficient (Wildman–Crippen LogP) is 2.90. The monoisotopic (exact) mass is 261 g/mol. The molecule has 4 nitrogen and oxygen atoms in total. The van der Waals surface area contributed by atoms with Crippen LogP contribution in [0.5, 0.6) is 0 Å². The Morgan fingerprint density at radius 2 is 2.06 bits per heavy atom. The molecule has 94 valence electrons. The van der Waals surface area contributed by atoms with Crippen LogP contribution in [0, 0.1) is 20.8 Å². The molecule has 0 unspecified atom stereocenters. The second-order valence-electron chi connectivity index (χ2n) is 4.19. The van der Waals surface area contributed by atoms with Crippen LogP contribution >= 0.6 is 11.3 Å². The lowest BCUT2D eigenvalue weighted by Crippen LogP contribution is -2.14. The number of nitrogens with one attached hydrogen (secondary N) is 1. The number of aromatic nitrogens is 1. The van der Waals surface area contributed by atoms with Crippen molar-refractivity contribution in [2.45, 2.75) is 20.8 Å². The van der Waals surface area contributed by atoms with Crippen molar-refractivity contribution in [2.75, 3.05) is 11.1 Å². The summed E-state index contributed by atoms with van der Waals surface area (Å²) in [5, 5.41) is 2.91. The van der Waals surface area contributed by atoms with Crippen molar-refractivity contribution in [3.63, 3.8) is 0 Å². The van der Waals surface area contributed by atoms with E-state index in [2.05, 4.69) is 10.3 Å². The van der Waals surface area contributed by atoms with E-state index in [0.29, 0.717) is 10.6 Å². The number of thiazole rings is 1. The van der Waals surface area contributed by atoms with Gasteiger partial charge in [-0.25, -0.2) is 4.98 Å². The Morgan fingerprint density at radius 3 is 2.67 bits per heavy atom. The molecule has 0 bridgehead atoms. The van der Waals surface area contributed by atoms with Gasteiger partial charge in [0.25, 0.3) is 5.91 Å². The quantitative estimate of drug-likeness (QED) is 0.817. The molecular weight excluding hydrogens is 246 g/mol. The highest BCUT2D eigenvalue weighted by atomic mass is 32.1. The molecular formula is C13H15N3OS. The molecule has 18 heavy (non-hydrogen) atoms. The smallest absolute Gasteiger partial charge is 0.267 e. The summed E-state index contributed by atoms with van der Waals surface area (Å²) >= 11 is 1.34. The summed E-state index contributed by atoms with van der Waals surface area (Å²) in [6.45, 7) is 5.67. The first-order valence-electron chi connectivity index (χ1n) is 5.58. The fourth-order valence-electron chi connectivity index (χ4n) is 1.75. The maximum atomic E-state index is 12.1. The molecule has 0 radical (unpaired) electrons. The molecule has 0 aliphatic rings. The molecule has 5 heteroatoms. The molecule has 0 saturated carbocycles. The Kier molecular flexibility index (Phi) is 3.34. The van der Waals surface area contributed by atoms with Crippen molar-refractivity contribution < 1.29 is 4.79 Å². The summed E-state index contributed by atoms with van der Waals surface area (Å²) in [5.41, 5.74) is 11.6. The van der Waals surface area contributed by atoms with Gasteiger partial charge in [-0.05, 0) is 38.0 Å². The average molecular weight is 261 g/mol. The molecule has 1 aromatic carbocycles. The van der Waals surface area contributed by atoms with Crippen LogP contribution in [0.3, 0.4) is 0 Å². The molecule has 0 aliphatic heterocycles. The number of carbonyl (C=O) groups is 1. The average Bonchev–Trinajstić information content (AvgIpc) is 2.76. The normalized spacial score (nSPS) is 10.4. The molecule has 0 fully saturated rings. The van der Waals surface area contributed by atoms with Gasteiger partial charge >= 0.3 is 0 Å². The lowest BCUT2D eigenvalue weighted by Gasteiger charge is -2.13. The summed E-state index contributed by atoms with van der Waals surface area (Å²) in [5.74, 6) is -0.133. The lowest BCUT2D eigenvalue weighted by atomic mass is 10.1. The Hall–Kier alpha value is -1.88. The number of nitrogens with zero attached hydrogens (tertiary/aromatic N) is 1. The molecule has 0 spiro atoms. The highest BCUT2D eigenvalue weighted by molar-refractivity contribution is 7.12. The molecule has 1 amide bonds. The summed E-state index contributed by atoms with van der Waals surface area (Å²) in [7, 11) is 0. The van der Waals surface area contributed by atoms with Gasteiger partial charge in [0.05, 0.1) is 11.2 Å². The second kappa shape index (κ2) is 4.78. The van der Waals surface area contributed by atoms with E-state index in [1.54, 1.807) is 5.51 Å². The minimum atomic E-state index is -0.133. The van der Waals surface area contributed by atoms with Gasteiger partial charge in [0, 0.05) is 11.4 Å². The first-order chi connectivity index (χ1) is 8.50. The van der Waals surface area contributed by atoms with Gasteiger partial charge < -0.3 is 11.1 Å². The van der Waals surface area contributed by atoms with Crippen molar-refractivity contribution >= 4 is 28.6 Å². The standard InChI is InChI=1S/C13H15N3OS/c1-7-4-5-10(14)8(2)11(7)16-13(17)12-9(3)15-6-18-12/h4-6H,14H2,1-3H3,(H,16,17). The van der Waals surface area contributed by atoms with Crippen LogP contribution in [-0.4, -0.2) is 10.9 Å². The van der Waals surface area contributed by atoms with Crippen molar-refractivity contribution in [3.05, 3.63) is 39.3 Å². The number of rotatable bonds is 2. The van der Waals surface area contributed by atoms with E-state index in [-0.39, 0.29) is 5.91 Å². The third-order valence-corrected chi connectivity index (χ3v) is 3.83. The van der Waals surface area contributed by atoms with Crippen molar-refractivity contribution in [1.29, 1.82) is 0 Å². The molecule has 2 aromatic rings. The van der Waals surface area contributed by atoms with Crippen molar-refractivity contribution in [3.8, 4) is 0 Å². The van der Waals surface area contributed by atoms with E-state index in [1.807, 2.05) is 32.9 Å². The number of benzene rings is 1. The topological polar surface area (TPSA) is 68.0 Å². The van der Waals surface area contributed by atoms with Crippen molar-refractivity contribution in [1.82, 2.24) is 4.98 Å². The molecule has 2 rings (SSSR count). The lowest BCUT2D eigenvalue weighted by molar-refractivity contribution is 0.102. The Bertz CT molecular complexity index is 604. The molecule has 0 atom stereocenters. The van der Waals surface area contributed by atoms with E-state index in [0.717, 1.165) is 22.5 Å². The maximum absolute atomic E-state index is 12.1. The van der Waals surface area contributed by atoms with E-state index in [1.165, 1.54) is 11.3 Å². The van der Waals surface area contributed by atoms with E-state index < -0.39 is 0 Å². The number of aryl methyl sites for hydroxylation is 2. The molecule has 1 heterocycles. The summed E-state index contributed by atoms with van der Waals surface area (Å²) in [4.78, 5) is 16.8. The predicted molar refractivity (Wildman–Crippen MR) is 75.1 cm³/mol.